The minimum absolute atomic E-state index is 0.0640. The fourth-order valence-corrected chi connectivity index (χ4v) is 2.29. The van der Waals surface area contributed by atoms with Crippen LogP contribution in [0.2, 0.25) is 5.28 Å². The summed E-state index contributed by atoms with van der Waals surface area (Å²) < 4.78 is 10.5. The molecule has 0 aliphatic carbocycles. The Morgan fingerprint density at radius 2 is 2.07 bits per heavy atom. The van der Waals surface area contributed by atoms with Gasteiger partial charge < -0.3 is 25.2 Å². The Morgan fingerprint density at radius 1 is 1.33 bits per heavy atom. The quantitative estimate of drug-likeness (QED) is 0.268. The third-order valence-electron chi connectivity index (χ3n) is 3.41. The summed E-state index contributed by atoms with van der Waals surface area (Å²) in [6, 6.07) is 6.93. The van der Waals surface area contributed by atoms with Gasteiger partial charge >= 0.3 is 5.97 Å². The van der Waals surface area contributed by atoms with Crippen LogP contribution >= 0.6 is 11.6 Å². The van der Waals surface area contributed by atoms with Crippen LogP contribution in [0.25, 0.3) is 0 Å². The van der Waals surface area contributed by atoms with Gasteiger partial charge in [0.05, 0.1) is 19.4 Å². The first-order chi connectivity index (χ1) is 13.0. The van der Waals surface area contributed by atoms with Gasteiger partial charge in [-0.25, -0.2) is 4.98 Å². The Labute approximate surface area is 161 Å². The molecule has 27 heavy (non-hydrogen) atoms. The molecular weight excluding hydrogens is 376 g/mol. The van der Waals surface area contributed by atoms with Crippen molar-refractivity contribution >= 4 is 34.8 Å². The van der Waals surface area contributed by atoms with Crippen molar-refractivity contribution in [1.82, 2.24) is 9.97 Å². The Balaban J connectivity index is 1.84. The van der Waals surface area contributed by atoms with Gasteiger partial charge in [-0.2, -0.15) is 4.98 Å². The highest BCUT2D eigenvalue weighted by Crippen LogP contribution is 2.27. The zero-order valence-electron chi connectivity index (χ0n) is 14.7. The predicted molar refractivity (Wildman–Crippen MR) is 100 cm³/mol. The number of unbranched alkanes of at least 4 members (excludes halogenated alkanes) is 1. The van der Waals surface area contributed by atoms with Gasteiger partial charge in [0, 0.05) is 12.1 Å². The van der Waals surface area contributed by atoms with Crippen LogP contribution in [-0.2, 0) is 9.53 Å². The van der Waals surface area contributed by atoms with Gasteiger partial charge in [0.2, 0.25) is 5.28 Å². The number of rotatable bonds is 10. The summed E-state index contributed by atoms with van der Waals surface area (Å²) in [5.41, 5.74) is 0.448. The van der Waals surface area contributed by atoms with Crippen molar-refractivity contribution in [2.45, 2.75) is 26.2 Å². The lowest BCUT2D eigenvalue weighted by Crippen LogP contribution is -2.11. The molecule has 2 N–H and O–H groups in total. The molecule has 0 bridgehead atoms. The summed E-state index contributed by atoms with van der Waals surface area (Å²) in [5.74, 6) is 0.530. The van der Waals surface area contributed by atoms with Crippen LogP contribution in [-0.4, -0.2) is 34.4 Å². The van der Waals surface area contributed by atoms with E-state index in [0.29, 0.717) is 37.5 Å². The lowest BCUT2D eigenvalue weighted by atomic mass is 10.2. The van der Waals surface area contributed by atoms with Crippen LogP contribution in [0.4, 0.5) is 17.2 Å². The smallest absolute Gasteiger partial charge is 0.305 e. The zero-order chi connectivity index (χ0) is 19.6. The lowest BCUT2D eigenvalue weighted by molar-refractivity contribution is -0.143. The minimum atomic E-state index is -0.341. The molecule has 0 aliphatic rings. The fourth-order valence-electron chi connectivity index (χ4n) is 2.15. The maximum Gasteiger partial charge on any atom is 0.305 e. The van der Waals surface area contributed by atoms with Gasteiger partial charge in [-0.15, -0.1) is 0 Å². The molecule has 0 spiro atoms. The Bertz CT molecular complexity index is 743. The summed E-state index contributed by atoms with van der Waals surface area (Å²) in [6.45, 7) is 2.65. The molecule has 0 amide bonds. The van der Waals surface area contributed by atoms with E-state index in [-0.39, 0.29) is 28.0 Å². The van der Waals surface area contributed by atoms with E-state index in [1.54, 1.807) is 31.2 Å². The van der Waals surface area contributed by atoms with E-state index in [1.165, 1.54) is 0 Å². The first-order valence-corrected chi connectivity index (χ1v) is 8.71. The van der Waals surface area contributed by atoms with Crippen molar-refractivity contribution in [2.24, 2.45) is 0 Å². The number of carbonyl (C=O) groups excluding carboxylic acids is 1. The maximum atomic E-state index is 11.2. The fraction of sp³-hybridized carbons (Fsp3) is 0.353. The topological polar surface area (TPSA) is 120 Å². The molecule has 1 heterocycles. The maximum absolute atomic E-state index is 11.2. The molecule has 146 valence electrons. The molecule has 0 saturated heterocycles. The van der Waals surface area contributed by atoms with Crippen molar-refractivity contribution in [1.29, 1.82) is 0 Å². The van der Waals surface area contributed by atoms with Crippen molar-refractivity contribution in [2.75, 3.05) is 23.8 Å². The van der Waals surface area contributed by atoms with E-state index in [0.717, 1.165) is 12.6 Å². The number of esters is 1. The van der Waals surface area contributed by atoms with Crippen LogP contribution in [0.5, 0.6) is 5.75 Å². The summed E-state index contributed by atoms with van der Waals surface area (Å²) in [6.07, 6.45) is 2.92. The molecule has 0 saturated carbocycles. The van der Waals surface area contributed by atoms with Crippen molar-refractivity contribution < 1.29 is 19.5 Å². The molecule has 1 aromatic heterocycles. The van der Waals surface area contributed by atoms with Gasteiger partial charge in [0.15, 0.2) is 5.82 Å². The zero-order valence-corrected chi connectivity index (χ0v) is 15.5. The van der Waals surface area contributed by atoms with Crippen LogP contribution in [0.3, 0.4) is 0 Å². The van der Waals surface area contributed by atoms with Crippen LogP contribution in [0.15, 0.2) is 30.5 Å². The van der Waals surface area contributed by atoms with E-state index < -0.39 is 0 Å². The molecule has 2 aromatic rings. The van der Waals surface area contributed by atoms with E-state index >= 15 is 0 Å². The van der Waals surface area contributed by atoms with Gasteiger partial charge in [-0.05, 0) is 55.6 Å². The first-order valence-electron chi connectivity index (χ1n) is 8.33. The van der Waals surface area contributed by atoms with Crippen molar-refractivity contribution in [3.05, 3.63) is 41.0 Å². The second-order valence-electron chi connectivity index (χ2n) is 5.41. The standard InChI is InChI=1S/C17H20ClN4O5/c1-2-26-15(23)5-3-4-10-27-13-8-6-12(7-9-13)20-16-14(22(24)25)11-19-17(18)21-16/h6-9,11,24H,2-5,10H2,1H3,(H,19,20,21)/q-1. The highest BCUT2D eigenvalue weighted by atomic mass is 35.5. The van der Waals surface area contributed by atoms with E-state index in [4.69, 9.17) is 26.3 Å². The SMILES string of the molecule is CCOC(=O)CCCCOc1ccc(Nc2nc(Cl)ncc2N([O-])O)cc1. The van der Waals surface area contributed by atoms with Crippen molar-refractivity contribution in [3.63, 3.8) is 0 Å². The normalized spacial score (nSPS) is 10.4. The Morgan fingerprint density at radius 3 is 2.74 bits per heavy atom. The number of carbonyl (C=O) groups is 1. The highest BCUT2D eigenvalue weighted by molar-refractivity contribution is 6.28. The first kappa shape index (κ1) is 20.7. The molecule has 2 rings (SSSR count). The van der Waals surface area contributed by atoms with Gasteiger partial charge in [0.1, 0.15) is 11.4 Å². The molecule has 0 unspecified atom stereocenters. The number of halogens is 1. The van der Waals surface area contributed by atoms with Crippen LogP contribution < -0.4 is 15.3 Å². The molecule has 9 nitrogen and oxygen atoms in total. The third kappa shape index (κ3) is 6.89. The summed E-state index contributed by atoms with van der Waals surface area (Å²) in [7, 11) is 0. The van der Waals surface area contributed by atoms with E-state index in [9.17, 15) is 10.0 Å². The third-order valence-corrected chi connectivity index (χ3v) is 3.59. The number of aromatic nitrogens is 2. The number of nitrogens with one attached hydrogen (secondary N) is 1. The molecule has 0 aliphatic heterocycles. The predicted octanol–water partition coefficient (Wildman–Crippen LogP) is 3.68. The average Bonchev–Trinajstić information content (AvgIpc) is 2.63. The number of anilines is 3. The minimum Gasteiger partial charge on any atom is -0.733 e. The molecule has 10 heteroatoms. The monoisotopic (exact) mass is 395 g/mol. The molecule has 0 fully saturated rings. The highest BCUT2D eigenvalue weighted by Gasteiger charge is 2.08. The molecule has 0 radical (unpaired) electrons. The second kappa shape index (κ2) is 10.5. The Hall–Kier alpha value is -2.62. The van der Waals surface area contributed by atoms with E-state index in [2.05, 4.69) is 15.3 Å². The number of benzene rings is 1. The molecule has 1 aromatic carbocycles. The number of nitrogens with zero attached hydrogens (tertiary/aromatic N) is 3. The van der Waals surface area contributed by atoms with Crippen LogP contribution in [0.1, 0.15) is 26.2 Å². The lowest BCUT2D eigenvalue weighted by Gasteiger charge is -2.23. The average molecular weight is 396 g/mol. The van der Waals surface area contributed by atoms with Crippen molar-refractivity contribution in [3.8, 4) is 5.75 Å². The summed E-state index contributed by atoms with van der Waals surface area (Å²) in [5, 5.41) is 22.7. The molecule has 0 atom stereocenters. The number of hydrogen-bond acceptors (Lipinski definition) is 9. The van der Waals surface area contributed by atoms with Crippen LogP contribution in [0, 0.1) is 5.21 Å². The summed E-state index contributed by atoms with van der Waals surface area (Å²) in [4.78, 5) is 18.8. The largest absolute Gasteiger partial charge is 0.733 e. The summed E-state index contributed by atoms with van der Waals surface area (Å²) >= 11 is 5.72. The Kier molecular flexibility index (Phi) is 8.05. The van der Waals surface area contributed by atoms with Gasteiger partial charge in [0.25, 0.3) is 0 Å². The van der Waals surface area contributed by atoms with Gasteiger partial charge in [-0.1, -0.05) is 0 Å². The van der Waals surface area contributed by atoms with E-state index in [1.807, 2.05) is 0 Å². The molecular formula is C17H20ClN4O5-. The van der Waals surface area contributed by atoms with Gasteiger partial charge in [-0.3, -0.25) is 10.0 Å². The second-order valence-corrected chi connectivity index (χ2v) is 5.74. The number of hydrogen-bond donors (Lipinski definition) is 2. The number of ether oxygens (including phenoxy) is 2.